The van der Waals surface area contributed by atoms with Crippen molar-refractivity contribution in [1.82, 2.24) is 14.8 Å². The molecule has 6 nitrogen and oxygen atoms in total. The predicted octanol–water partition coefficient (Wildman–Crippen LogP) is 1.68. The maximum Gasteiger partial charge on any atom is 0.250 e. The molecule has 0 radical (unpaired) electrons. The predicted molar refractivity (Wildman–Crippen MR) is 107 cm³/mol. The van der Waals surface area contributed by atoms with Crippen LogP contribution < -0.4 is 10.9 Å². The molecule has 4 atom stereocenters. The van der Waals surface area contributed by atoms with Gasteiger partial charge in [-0.25, -0.2) is 4.39 Å². The van der Waals surface area contributed by atoms with Crippen LogP contribution in [0.2, 0.25) is 0 Å². The fourth-order valence-corrected chi connectivity index (χ4v) is 4.93. The fourth-order valence-electron chi connectivity index (χ4n) is 4.93. The van der Waals surface area contributed by atoms with Gasteiger partial charge in [0.2, 0.25) is 5.91 Å². The molecule has 0 aliphatic carbocycles. The van der Waals surface area contributed by atoms with E-state index in [1.165, 1.54) is 18.2 Å². The number of carbonyl (C=O) groups excluding carboxylic acids is 1. The second kappa shape index (κ2) is 8.08. The molecule has 4 rings (SSSR count). The molecule has 1 aromatic heterocycles. The van der Waals surface area contributed by atoms with Gasteiger partial charge in [-0.3, -0.25) is 14.5 Å². The Morgan fingerprint density at radius 2 is 2.07 bits per heavy atom. The van der Waals surface area contributed by atoms with Crippen LogP contribution in [-0.2, 0) is 17.9 Å². The highest BCUT2D eigenvalue weighted by Crippen LogP contribution is 2.49. The van der Waals surface area contributed by atoms with Crippen LogP contribution in [0, 0.1) is 17.7 Å². The van der Waals surface area contributed by atoms with E-state index in [9.17, 15) is 19.1 Å². The number of nitrogens with zero attached hydrogens (tertiary/aromatic N) is 2. The first kappa shape index (κ1) is 19.8. The van der Waals surface area contributed by atoms with E-state index >= 15 is 0 Å². The third-order valence-electron chi connectivity index (χ3n) is 6.14. The number of aliphatic hydroxyl groups is 1. The van der Waals surface area contributed by atoms with Gasteiger partial charge in [0.1, 0.15) is 5.82 Å². The highest BCUT2D eigenvalue weighted by molar-refractivity contribution is 5.82. The quantitative estimate of drug-likeness (QED) is 0.775. The zero-order chi connectivity index (χ0) is 20.5. The summed E-state index contributed by atoms with van der Waals surface area (Å²) in [4.78, 5) is 27.4. The molecule has 2 aliphatic heterocycles. The van der Waals surface area contributed by atoms with E-state index in [-0.39, 0.29) is 41.8 Å². The summed E-state index contributed by atoms with van der Waals surface area (Å²) in [6.45, 7) is 3.24. The van der Waals surface area contributed by atoms with Crippen LogP contribution in [0.25, 0.3) is 0 Å². The molecule has 154 valence electrons. The van der Waals surface area contributed by atoms with Gasteiger partial charge in [0.05, 0.1) is 12.1 Å². The molecular formula is C22H26FN3O3. The van der Waals surface area contributed by atoms with Crippen LogP contribution in [0.1, 0.15) is 30.6 Å². The van der Waals surface area contributed by atoms with Crippen LogP contribution >= 0.6 is 0 Å². The maximum absolute atomic E-state index is 13.8. The Morgan fingerprint density at radius 1 is 1.28 bits per heavy atom. The average Bonchev–Trinajstić information content (AvgIpc) is 3.22. The highest BCUT2D eigenvalue weighted by Gasteiger charge is 2.55. The Morgan fingerprint density at radius 3 is 2.79 bits per heavy atom. The normalized spacial score (nSPS) is 25.6. The lowest BCUT2D eigenvalue weighted by Crippen LogP contribution is -2.48. The Labute approximate surface area is 169 Å². The number of pyridine rings is 1. The Bertz CT molecular complexity index is 960. The molecule has 1 aromatic carbocycles. The SMILES string of the molecule is CCCNC(=O)[C@H]1[C@H](CO)[C@H]2Cn3c(cccc3=O)[C@H]2N1Cc1cccc(F)c1. The Balaban J connectivity index is 1.76. The number of likely N-dealkylation sites (tertiary alicyclic amines) is 1. The molecule has 0 unspecified atom stereocenters. The second-order valence-electron chi connectivity index (χ2n) is 7.89. The third kappa shape index (κ3) is 3.49. The van der Waals surface area contributed by atoms with Crippen LogP contribution in [0.5, 0.6) is 0 Å². The van der Waals surface area contributed by atoms with Gasteiger partial charge in [0, 0.05) is 49.8 Å². The molecule has 2 aliphatic rings. The zero-order valence-corrected chi connectivity index (χ0v) is 16.4. The van der Waals surface area contributed by atoms with Crippen LogP contribution in [-0.4, -0.2) is 39.7 Å². The summed E-state index contributed by atoms with van der Waals surface area (Å²) in [5.41, 5.74) is 1.53. The topological polar surface area (TPSA) is 74.6 Å². The van der Waals surface area contributed by atoms with Gasteiger partial charge in [0.15, 0.2) is 0 Å². The lowest BCUT2D eigenvalue weighted by Gasteiger charge is -2.30. The van der Waals surface area contributed by atoms with Gasteiger partial charge in [-0.1, -0.05) is 25.1 Å². The van der Waals surface area contributed by atoms with Crippen molar-refractivity contribution in [2.45, 2.75) is 38.5 Å². The number of nitrogens with one attached hydrogen (secondary N) is 1. The maximum atomic E-state index is 13.8. The summed E-state index contributed by atoms with van der Waals surface area (Å²) < 4.78 is 15.5. The molecular weight excluding hydrogens is 373 g/mol. The number of hydrogen-bond donors (Lipinski definition) is 2. The summed E-state index contributed by atoms with van der Waals surface area (Å²) in [5.74, 6) is -0.806. The molecule has 1 saturated heterocycles. The summed E-state index contributed by atoms with van der Waals surface area (Å²) in [5, 5.41) is 13.1. The number of aliphatic hydroxyl groups excluding tert-OH is 1. The average molecular weight is 399 g/mol. The number of aromatic nitrogens is 1. The first-order chi connectivity index (χ1) is 14.0. The van der Waals surface area contributed by atoms with Crippen molar-refractivity contribution in [2.75, 3.05) is 13.2 Å². The van der Waals surface area contributed by atoms with E-state index in [0.29, 0.717) is 19.6 Å². The number of carbonyl (C=O) groups is 1. The van der Waals surface area contributed by atoms with E-state index < -0.39 is 6.04 Å². The monoisotopic (exact) mass is 399 g/mol. The minimum Gasteiger partial charge on any atom is -0.396 e. The molecule has 1 amide bonds. The first-order valence-corrected chi connectivity index (χ1v) is 10.1. The van der Waals surface area contributed by atoms with E-state index in [0.717, 1.165) is 17.7 Å². The summed E-state index contributed by atoms with van der Waals surface area (Å²) in [6.07, 6.45) is 0.817. The smallest absolute Gasteiger partial charge is 0.250 e. The summed E-state index contributed by atoms with van der Waals surface area (Å²) >= 11 is 0. The number of hydrogen-bond acceptors (Lipinski definition) is 4. The number of rotatable bonds is 6. The van der Waals surface area contributed by atoms with Crippen molar-refractivity contribution in [3.8, 4) is 0 Å². The lowest BCUT2D eigenvalue weighted by atomic mass is 9.88. The van der Waals surface area contributed by atoms with Crippen molar-refractivity contribution in [3.05, 3.63) is 69.9 Å². The van der Waals surface area contributed by atoms with Crippen LogP contribution in [0.4, 0.5) is 4.39 Å². The highest BCUT2D eigenvalue weighted by atomic mass is 19.1. The molecule has 2 aromatic rings. The second-order valence-corrected chi connectivity index (χ2v) is 7.89. The standard InChI is InChI=1S/C22H26FN3O3/c1-2-9-24-22(29)21-17(13-27)16-12-25-18(7-4-8-19(25)28)20(16)26(21)11-14-5-3-6-15(23)10-14/h3-8,10,16-17,20-21,27H,2,9,11-13H2,1H3,(H,24,29)/t16-,17-,20+,21-/m1/s1. The van der Waals surface area contributed by atoms with Crippen molar-refractivity contribution < 1.29 is 14.3 Å². The molecule has 2 N–H and O–H groups in total. The Hall–Kier alpha value is -2.51. The van der Waals surface area contributed by atoms with Crippen molar-refractivity contribution in [2.24, 2.45) is 11.8 Å². The molecule has 0 bridgehead atoms. The van der Waals surface area contributed by atoms with Crippen LogP contribution in [0.3, 0.4) is 0 Å². The van der Waals surface area contributed by atoms with E-state index in [1.54, 1.807) is 16.7 Å². The number of amides is 1. The number of benzene rings is 1. The third-order valence-corrected chi connectivity index (χ3v) is 6.14. The zero-order valence-electron chi connectivity index (χ0n) is 16.4. The molecule has 29 heavy (non-hydrogen) atoms. The van der Waals surface area contributed by atoms with Crippen LogP contribution in [0.15, 0.2) is 47.3 Å². The Kier molecular flexibility index (Phi) is 5.52. The molecule has 1 fully saturated rings. The molecule has 0 spiro atoms. The van der Waals surface area contributed by atoms with Gasteiger partial charge >= 0.3 is 0 Å². The van der Waals surface area contributed by atoms with Crippen molar-refractivity contribution in [3.63, 3.8) is 0 Å². The largest absolute Gasteiger partial charge is 0.396 e. The molecule has 3 heterocycles. The minimum absolute atomic E-state index is 0.0546. The van der Waals surface area contributed by atoms with Gasteiger partial charge in [0.25, 0.3) is 5.56 Å². The molecule has 0 saturated carbocycles. The van der Waals surface area contributed by atoms with Gasteiger partial charge in [-0.2, -0.15) is 0 Å². The van der Waals surface area contributed by atoms with Gasteiger partial charge in [-0.05, 0) is 30.2 Å². The van der Waals surface area contributed by atoms with E-state index in [4.69, 9.17) is 0 Å². The number of fused-ring (bicyclic) bond motifs is 3. The minimum atomic E-state index is -0.533. The van der Waals surface area contributed by atoms with E-state index in [2.05, 4.69) is 5.32 Å². The van der Waals surface area contributed by atoms with Gasteiger partial charge in [-0.15, -0.1) is 0 Å². The van der Waals surface area contributed by atoms with E-state index in [1.807, 2.05) is 24.0 Å². The first-order valence-electron chi connectivity index (χ1n) is 10.1. The summed E-state index contributed by atoms with van der Waals surface area (Å²) in [6, 6.07) is 10.8. The van der Waals surface area contributed by atoms with Gasteiger partial charge < -0.3 is 15.0 Å². The molecule has 7 heteroatoms. The summed E-state index contributed by atoms with van der Waals surface area (Å²) in [7, 11) is 0. The van der Waals surface area contributed by atoms with Crippen molar-refractivity contribution in [1.29, 1.82) is 0 Å². The number of halogens is 1. The fraction of sp³-hybridized carbons (Fsp3) is 0.455. The lowest BCUT2D eigenvalue weighted by molar-refractivity contribution is -0.128. The van der Waals surface area contributed by atoms with Crippen molar-refractivity contribution >= 4 is 5.91 Å².